The molecule has 0 fully saturated rings. The topological polar surface area (TPSA) is 61.7 Å². The van der Waals surface area contributed by atoms with E-state index in [0.29, 0.717) is 16.1 Å². The molecule has 0 saturated heterocycles. The second-order valence-corrected chi connectivity index (χ2v) is 5.20. The molecule has 0 aliphatic carbocycles. The molecular weight excluding hydrogens is 344 g/mol. The molecule has 0 spiro atoms. The third-order valence-electron chi connectivity index (χ3n) is 2.46. The molecule has 20 heavy (non-hydrogen) atoms. The fourth-order valence-electron chi connectivity index (χ4n) is 1.46. The van der Waals surface area contributed by atoms with E-state index in [1.165, 1.54) is 12.3 Å². The molecule has 0 aliphatic heterocycles. The molecule has 2 N–H and O–H groups in total. The number of carbonyl (C=O) groups is 1. The Bertz CT molecular complexity index is 657. The maximum absolute atomic E-state index is 11.8. The van der Waals surface area contributed by atoms with Gasteiger partial charge in [0.1, 0.15) is 5.75 Å². The second-order valence-electron chi connectivity index (χ2n) is 3.91. The van der Waals surface area contributed by atoms with Crippen molar-refractivity contribution in [2.75, 3.05) is 0 Å². The van der Waals surface area contributed by atoms with Crippen molar-refractivity contribution in [2.24, 2.45) is 5.10 Å². The highest BCUT2D eigenvalue weighted by Gasteiger charge is 2.03. The molecule has 0 bridgehead atoms. The molecule has 2 aromatic carbocycles. The van der Waals surface area contributed by atoms with Crippen molar-refractivity contribution in [3.63, 3.8) is 0 Å². The molecule has 1 amide bonds. The number of rotatable bonds is 3. The van der Waals surface area contributed by atoms with Crippen LogP contribution in [0.15, 0.2) is 52.0 Å². The van der Waals surface area contributed by atoms with Gasteiger partial charge in [0.25, 0.3) is 5.91 Å². The zero-order valence-corrected chi connectivity index (χ0v) is 12.5. The van der Waals surface area contributed by atoms with Crippen LogP contribution < -0.4 is 5.43 Å². The van der Waals surface area contributed by atoms with Crippen molar-refractivity contribution in [2.45, 2.75) is 0 Å². The zero-order chi connectivity index (χ0) is 14.5. The van der Waals surface area contributed by atoms with Gasteiger partial charge in [-0.1, -0.05) is 27.5 Å². The first-order chi connectivity index (χ1) is 9.56. The summed E-state index contributed by atoms with van der Waals surface area (Å²) in [5.41, 5.74) is 3.51. The highest BCUT2D eigenvalue weighted by molar-refractivity contribution is 9.10. The van der Waals surface area contributed by atoms with E-state index in [2.05, 4.69) is 26.5 Å². The molecule has 2 aromatic rings. The van der Waals surface area contributed by atoms with Gasteiger partial charge in [0, 0.05) is 20.6 Å². The van der Waals surface area contributed by atoms with Gasteiger partial charge in [-0.05, 0) is 42.5 Å². The van der Waals surface area contributed by atoms with Crippen LogP contribution in [0, 0.1) is 0 Å². The van der Waals surface area contributed by atoms with Gasteiger partial charge in [0.05, 0.1) is 6.21 Å². The van der Waals surface area contributed by atoms with Crippen LogP contribution in [0.2, 0.25) is 5.02 Å². The molecule has 0 saturated carbocycles. The van der Waals surface area contributed by atoms with E-state index in [1.54, 1.807) is 36.4 Å². The first-order valence-electron chi connectivity index (χ1n) is 5.64. The van der Waals surface area contributed by atoms with Crippen LogP contribution >= 0.6 is 27.5 Å². The number of aromatic hydroxyl groups is 1. The maximum Gasteiger partial charge on any atom is 0.271 e. The van der Waals surface area contributed by atoms with E-state index in [9.17, 15) is 9.90 Å². The molecule has 0 heterocycles. The van der Waals surface area contributed by atoms with Gasteiger partial charge in [-0.15, -0.1) is 0 Å². The Morgan fingerprint density at radius 1 is 1.25 bits per heavy atom. The summed E-state index contributed by atoms with van der Waals surface area (Å²) in [6.45, 7) is 0. The Kier molecular flexibility index (Phi) is 4.76. The second kappa shape index (κ2) is 6.54. The van der Waals surface area contributed by atoms with Crippen LogP contribution in [-0.4, -0.2) is 17.2 Å². The predicted octanol–water partition coefficient (Wildman–Crippen LogP) is 3.57. The van der Waals surface area contributed by atoms with Gasteiger partial charge in [-0.3, -0.25) is 4.79 Å². The number of amides is 1. The lowest BCUT2D eigenvalue weighted by Crippen LogP contribution is -2.17. The number of benzene rings is 2. The SMILES string of the molecule is O=C(N/N=C/c1cc(O)ccc1Br)c1ccc(Cl)cc1. The van der Waals surface area contributed by atoms with E-state index < -0.39 is 0 Å². The lowest BCUT2D eigenvalue weighted by molar-refractivity contribution is 0.0955. The first-order valence-corrected chi connectivity index (χ1v) is 6.81. The van der Waals surface area contributed by atoms with Crippen LogP contribution in [-0.2, 0) is 0 Å². The van der Waals surface area contributed by atoms with E-state index in [-0.39, 0.29) is 11.7 Å². The van der Waals surface area contributed by atoms with Gasteiger partial charge >= 0.3 is 0 Å². The van der Waals surface area contributed by atoms with Gasteiger partial charge in [-0.25, -0.2) is 5.43 Å². The maximum atomic E-state index is 11.8. The molecule has 102 valence electrons. The Morgan fingerprint density at radius 3 is 2.65 bits per heavy atom. The predicted molar refractivity (Wildman–Crippen MR) is 82.3 cm³/mol. The highest BCUT2D eigenvalue weighted by atomic mass is 79.9. The lowest BCUT2D eigenvalue weighted by atomic mass is 10.2. The summed E-state index contributed by atoms with van der Waals surface area (Å²) < 4.78 is 0.764. The summed E-state index contributed by atoms with van der Waals surface area (Å²) in [5, 5.41) is 13.8. The molecule has 6 heteroatoms. The number of hydrogen-bond donors (Lipinski definition) is 2. The number of halogens is 2. The minimum Gasteiger partial charge on any atom is -0.508 e. The molecule has 0 aliphatic rings. The quantitative estimate of drug-likeness (QED) is 0.654. The van der Waals surface area contributed by atoms with E-state index in [0.717, 1.165) is 4.47 Å². The summed E-state index contributed by atoms with van der Waals surface area (Å²) in [7, 11) is 0. The average molecular weight is 354 g/mol. The normalized spacial score (nSPS) is 10.7. The Hall–Kier alpha value is -1.85. The van der Waals surface area contributed by atoms with Crippen LogP contribution in [0.25, 0.3) is 0 Å². The fraction of sp³-hybridized carbons (Fsp3) is 0. The van der Waals surface area contributed by atoms with Crippen molar-refractivity contribution in [1.29, 1.82) is 0 Å². The molecule has 0 radical (unpaired) electrons. The smallest absolute Gasteiger partial charge is 0.271 e. The van der Waals surface area contributed by atoms with Crippen molar-refractivity contribution in [1.82, 2.24) is 5.43 Å². The van der Waals surface area contributed by atoms with Crippen LogP contribution in [0.4, 0.5) is 0 Å². The zero-order valence-electron chi connectivity index (χ0n) is 10.2. The number of hydrazone groups is 1. The monoisotopic (exact) mass is 352 g/mol. The van der Waals surface area contributed by atoms with Crippen LogP contribution in [0.3, 0.4) is 0 Å². The third kappa shape index (κ3) is 3.82. The van der Waals surface area contributed by atoms with Crippen molar-refractivity contribution in [3.8, 4) is 5.75 Å². The van der Waals surface area contributed by atoms with E-state index >= 15 is 0 Å². The summed E-state index contributed by atoms with van der Waals surface area (Å²) >= 11 is 9.06. The summed E-state index contributed by atoms with van der Waals surface area (Å²) in [5.74, 6) is -0.215. The van der Waals surface area contributed by atoms with Crippen LogP contribution in [0.5, 0.6) is 5.75 Å². The minimum atomic E-state index is -0.339. The number of hydrogen-bond acceptors (Lipinski definition) is 3. The van der Waals surface area contributed by atoms with Crippen molar-refractivity contribution < 1.29 is 9.90 Å². The third-order valence-corrected chi connectivity index (χ3v) is 3.43. The fourth-order valence-corrected chi connectivity index (χ4v) is 1.93. The minimum absolute atomic E-state index is 0.124. The molecule has 2 rings (SSSR count). The standard InChI is InChI=1S/C14H10BrClN2O2/c15-13-6-5-12(19)7-10(13)8-17-18-14(20)9-1-3-11(16)4-2-9/h1-8,19H,(H,18,20)/b17-8+. The number of nitrogens with zero attached hydrogens (tertiary/aromatic N) is 1. The van der Waals surface area contributed by atoms with Gasteiger partial charge in [0.15, 0.2) is 0 Å². The largest absolute Gasteiger partial charge is 0.508 e. The lowest BCUT2D eigenvalue weighted by Gasteiger charge is -2.01. The average Bonchev–Trinajstić information content (AvgIpc) is 2.43. The van der Waals surface area contributed by atoms with E-state index in [4.69, 9.17) is 11.6 Å². The van der Waals surface area contributed by atoms with Crippen molar-refractivity contribution >= 4 is 39.7 Å². The molecule has 0 atom stereocenters. The summed E-state index contributed by atoms with van der Waals surface area (Å²) in [4.78, 5) is 11.8. The van der Waals surface area contributed by atoms with Gasteiger partial charge < -0.3 is 5.11 Å². The molecular formula is C14H10BrClN2O2. The first kappa shape index (κ1) is 14.6. The van der Waals surface area contributed by atoms with Gasteiger partial charge in [0.2, 0.25) is 0 Å². The van der Waals surface area contributed by atoms with Gasteiger partial charge in [-0.2, -0.15) is 5.10 Å². The van der Waals surface area contributed by atoms with Crippen molar-refractivity contribution in [3.05, 3.63) is 63.1 Å². The van der Waals surface area contributed by atoms with E-state index in [1.807, 2.05) is 0 Å². The number of phenols is 1. The molecule has 0 aromatic heterocycles. The Morgan fingerprint density at radius 2 is 1.95 bits per heavy atom. The highest BCUT2D eigenvalue weighted by Crippen LogP contribution is 2.19. The summed E-state index contributed by atoms with van der Waals surface area (Å²) in [6.07, 6.45) is 1.44. The molecule has 0 unspecified atom stereocenters. The number of phenolic OH excluding ortho intramolecular Hbond substituents is 1. The van der Waals surface area contributed by atoms with Crippen LogP contribution in [0.1, 0.15) is 15.9 Å². The number of nitrogens with one attached hydrogen (secondary N) is 1. The Labute approximate surface area is 129 Å². The summed E-state index contributed by atoms with van der Waals surface area (Å²) in [6, 6.07) is 11.3. The molecule has 4 nitrogen and oxygen atoms in total. The number of carbonyl (C=O) groups excluding carboxylic acids is 1. The Balaban J connectivity index is 2.04.